The fourth-order valence-corrected chi connectivity index (χ4v) is 6.57. The number of imide groups is 1. The molecule has 0 N–H and O–H groups in total. The summed E-state index contributed by atoms with van der Waals surface area (Å²) in [7, 11) is 0. The van der Waals surface area contributed by atoms with Crippen molar-refractivity contribution >= 4 is 29.4 Å². The van der Waals surface area contributed by atoms with Crippen LogP contribution in [0.25, 0.3) is 0 Å². The van der Waals surface area contributed by atoms with Gasteiger partial charge in [-0.3, -0.25) is 14.6 Å². The van der Waals surface area contributed by atoms with Crippen molar-refractivity contribution in [1.29, 1.82) is 0 Å². The maximum Gasteiger partial charge on any atom is 0.239 e. The second-order valence-electron chi connectivity index (χ2n) is 9.47. The van der Waals surface area contributed by atoms with Crippen LogP contribution >= 0.6 is 0 Å². The van der Waals surface area contributed by atoms with Gasteiger partial charge in [-0.25, -0.2) is 4.90 Å². The first kappa shape index (κ1) is 20.1. The summed E-state index contributed by atoms with van der Waals surface area (Å²) < 4.78 is 0. The summed E-state index contributed by atoms with van der Waals surface area (Å²) in [6.07, 6.45) is 1.94. The van der Waals surface area contributed by atoms with E-state index in [0.29, 0.717) is 5.69 Å². The number of carbonyl (C=O) groups excluding carboxylic acids is 2. The van der Waals surface area contributed by atoms with Gasteiger partial charge in [0.05, 0.1) is 28.6 Å². The van der Waals surface area contributed by atoms with Gasteiger partial charge in [0.2, 0.25) is 11.8 Å². The molecule has 0 radical (unpaired) electrons. The van der Waals surface area contributed by atoms with Crippen LogP contribution in [0.3, 0.4) is 0 Å². The molecular formula is C31H22N2O2. The predicted molar refractivity (Wildman–Crippen MR) is 136 cm³/mol. The highest BCUT2D eigenvalue weighted by atomic mass is 16.2. The number of nitrogens with zero attached hydrogens (tertiary/aromatic N) is 2. The van der Waals surface area contributed by atoms with Gasteiger partial charge in [-0.1, -0.05) is 84.9 Å². The molecule has 168 valence electrons. The average molecular weight is 455 g/mol. The van der Waals surface area contributed by atoms with Gasteiger partial charge in [0, 0.05) is 12.1 Å². The second-order valence-corrected chi connectivity index (χ2v) is 9.47. The first-order valence-electron chi connectivity index (χ1n) is 11.9. The Kier molecular flexibility index (Phi) is 4.22. The van der Waals surface area contributed by atoms with Crippen molar-refractivity contribution in [3.63, 3.8) is 0 Å². The molecule has 0 saturated carbocycles. The molecule has 4 aliphatic rings. The molecule has 1 aliphatic heterocycles. The van der Waals surface area contributed by atoms with E-state index in [0.717, 1.165) is 27.9 Å². The number of amides is 2. The second kappa shape index (κ2) is 7.34. The van der Waals surface area contributed by atoms with Gasteiger partial charge >= 0.3 is 0 Å². The van der Waals surface area contributed by atoms with Crippen LogP contribution < -0.4 is 4.90 Å². The molecule has 35 heavy (non-hydrogen) atoms. The van der Waals surface area contributed by atoms with Crippen molar-refractivity contribution in [2.24, 2.45) is 16.8 Å². The highest BCUT2D eigenvalue weighted by Gasteiger charge is 2.67. The van der Waals surface area contributed by atoms with Crippen LogP contribution in [-0.4, -0.2) is 18.0 Å². The Labute approximate surface area is 203 Å². The third kappa shape index (κ3) is 2.59. The van der Waals surface area contributed by atoms with Crippen molar-refractivity contribution in [3.05, 3.63) is 131 Å². The van der Waals surface area contributed by atoms with E-state index in [1.54, 1.807) is 0 Å². The molecule has 4 nitrogen and oxygen atoms in total. The van der Waals surface area contributed by atoms with Gasteiger partial charge in [0.1, 0.15) is 0 Å². The molecule has 4 aromatic carbocycles. The fourth-order valence-electron chi connectivity index (χ4n) is 6.57. The average Bonchev–Trinajstić information content (AvgIpc) is 3.19. The van der Waals surface area contributed by atoms with Crippen molar-refractivity contribution in [2.75, 3.05) is 4.90 Å². The Bertz CT molecular complexity index is 1460. The van der Waals surface area contributed by atoms with E-state index in [2.05, 4.69) is 24.3 Å². The van der Waals surface area contributed by atoms with Gasteiger partial charge in [0.15, 0.2) is 0 Å². The first-order valence-corrected chi connectivity index (χ1v) is 11.9. The van der Waals surface area contributed by atoms with E-state index in [9.17, 15) is 9.59 Å². The number of para-hydroxylation sites is 2. The zero-order chi connectivity index (χ0) is 23.6. The van der Waals surface area contributed by atoms with Crippen LogP contribution in [0.1, 0.15) is 28.2 Å². The van der Waals surface area contributed by atoms with Gasteiger partial charge in [-0.2, -0.15) is 0 Å². The number of benzene rings is 4. The van der Waals surface area contributed by atoms with E-state index < -0.39 is 17.3 Å². The Balaban J connectivity index is 1.53. The summed E-state index contributed by atoms with van der Waals surface area (Å²) in [6, 6.07) is 35.6. The van der Waals surface area contributed by atoms with Gasteiger partial charge in [-0.05, 0) is 46.5 Å². The Morgan fingerprint density at radius 1 is 0.657 bits per heavy atom. The smallest absolute Gasteiger partial charge is 0.239 e. The molecule has 2 bridgehead atoms. The van der Waals surface area contributed by atoms with Crippen molar-refractivity contribution in [3.8, 4) is 0 Å². The number of anilines is 1. The summed E-state index contributed by atoms with van der Waals surface area (Å²) in [4.78, 5) is 34.6. The van der Waals surface area contributed by atoms with E-state index in [1.165, 1.54) is 4.90 Å². The van der Waals surface area contributed by atoms with E-state index in [-0.39, 0.29) is 17.7 Å². The molecule has 0 unspecified atom stereocenters. The topological polar surface area (TPSA) is 49.7 Å². The third-order valence-electron chi connectivity index (χ3n) is 7.87. The Morgan fingerprint density at radius 2 is 1.20 bits per heavy atom. The van der Waals surface area contributed by atoms with E-state index in [1.807, 2.05) is 91.1 Å². The lowest BCUT2D eigenvalue weighted by molar-refractivity contribution is -0.122. The monoisotopic (exact) mass is 454 g/mol. The predicted octanol–water partition coefficient (Wildman–Crippen LogP) is 5.64. The molecule has 1 saturated heterocycles. The van der Waals surface area contributed by atoms with Gasteiger partial charge in [0.25, 0.3) is 0 Å². The molecule has 4 heteroatoms. The molecule has 2 amide bonds. The van der Waals surface area contributed by atoms with Crippen molar-refractivity contribution < 1.29 is 9.59 Å². The molecule has 0 spiro atoms. The molecular weight excluding hydrogens is 432 g/mol. The Hall–Kier alpha value is -4.31. The summed E-state index contributed by atoms with van der Waals surface area (Å²) >= 11 is 0. The molecule has 3 aliphatic carbocycles. The van der Waals surface area contributed by atoms with Crippen molar-refractivity contribution in [1.82, 2.24) is 0 Å². The number of aliphatic imine (C=N–C) groups is 1. The molecule has 1 heterocycles. The third-order valence-corrected chi connectivity index (χ3v) is 7.87. The highest BCUT2D eigenvalue weighted by Crippen LogP contribution is 2.63. The zero-order valence-electron chi connectivity index (χ0n) is 18.9. The zero-order valence-corrected chi connectivity index (χ0v) is 18.9. The van der Waals surface area contributed by atoms with Crippen LogP contribution in [0.2, 0.25) is 0 Å². The minimum Gasteiger partial charge on any atom is -0.274 e. The van der Waals surface area contributed by atoms with E-state index >= 15 is 0 Å². The summed E-state index contributed by atoms with van der Waals surface area (Å²) in [5.41, 5.74) is 4.98. The molecule has 0 aromatic heterocycles. The number of hydrogen-bond donors (Lipinski definition) is 0. The number of rotatable bonds is 3. The lowest BCUT2D eigenvalue weighted by Gasteiger charge is -2.52. The number of carbonyl (C=O) groups is 2. The van der Waals surface area contributed by atoms with Crippen molar-refractivity contribution in [2.45, 2.75) is 11.3 Å². The van der Waals surface area contributed by atoms with Gasteiger partial charge in [-0.15, -0.1) is 0 Å². The van der Waals surface area contributed by atoms with Crippen LogP contribution in [0.5, 0.6) is 0 Å². The lowest BCUT2D eigenvalue weighted by atomic mass is 9.47. The SMILES string of the molecule is O=C1[C@@H]2C3c4ccccc4C(C=Nc4ccccc4)(c4ccccc43)[C@@H]2C(=O)N1c1ccccc1. The normalized spacial score (nSPS) is 26.1. The molecule has 1 fully saturated rings. The molecule has 2 atom stereocenters. The number of hydrogen-bond acceptors (Lipinski definition) is 3. The highest BCUT2D eigenvalue weighted by molar-refractivity contribution is 6.25. The molecule has 8 rings (SSSR count). The van der Waals surface area contributed by atoms with Crippen LogP contribution in [-0.2, 0) is 15.0 Å². The minimum atomic E-state index is -0.835. The lowest BCUT2D eigenvalue weighted by Crippen LogP contribution is -2.54. The largest absolute Gasteiger partial charge is 0.274 e. The van der Waals surface area contributed by atoms with E-state index in [4.69, 9.17) is 4.99 Å². The minimum absolute atomic E-state index is 0.127. The molecule has 4 aromatic rings. The van der Waals surface area contributed by atoms with Crippen LogP contribution in [0, 0.1) is 11.8 Å². The quantitative estimate of drug-likeness (QED) is 0.297. The fraction of sp³-hybridized carbons (Fsp3) is 0.129. The van der Waals surface area contributed by atoms with Crippen LogP contribution in [0.4, 0.5) is 11.4 Å². The summed E-state index contributed by atoms with van der Waals surface area (Å²) in [5, 5.41) is 0. The Morgan fingerprint density at radius 3 is 1.83 bits per heavy atom. The maximum atomic E-state index is 14.2. The maximum absolute atomic E-state index is 14.2. The summed E-state index contributed by atoms with van der Waals surface area (Å²) in [5.74, 6) is -1.48. The van der Waals surface area contributed by atoms with Crippen LogP contribution in [0.15, 0.2) is 114 Å². The summed E-state index contributed by atoms with van der Waals surface area (Å²) in [6.45, 7) is 0. The van der Waals surface area contributed by atoms with Gasteiger partial charge < -0.3 is 0 Å². The first-order chi connectivity index (χ1) is 17.2. The standard InChI is InChI=1S/C31H22N2O2/c34-29-27-26-22-15-7-9-17-24(22)31(25-18-10-8-16-23(25)26,19-32-20-11-3-1-4-12-20)28(27)30(35)33(29)21-13-5-2-6-14-21/h1-19,26-28H/t26?,27-,28+,31?/m1/s1.